The highest BCUT2D eigenvalue weighted by molar-refractivity contribution is 5.41. The Morgan fingerprint density at radius 1 is 1.33 bits per heavy atom. The summed E-state index contributed by atoms with van der Waals surface area (Å²) in [6, 6.07) is 3.54. The highest BCUT2D eigenvalue weighted by Crippen LogP contribution is 2.31. The number of benzene rings is 1. The molecule has 1 aromatic rings. The second-order valence-corrected chi connectivity index (χ2v) is 4.34. The third-order valence-corrected chi connectivity index (χ3v) is 3.26. The van der Waals surface area contributed by atoms with Crippen LogP contribution >= 0.6 is 0 Å². The first-order valence-corrected chi connectivity index (χ1v) is 5.79. The van der Waals surface area contributed by atoms with Crippen molar-refractivity contribution in [3.05, 3.63) is 34.6 Å². The van der Waals surface area contributed by atoms with Gasteiger partial charge in [-0.05, 0) is 48.4 Å². The Hall–Kier alpha value is -0.890. The molecule has 0 fully saturated rings. The molecule has 0 saturated heterocycles. The second kappa shape index (κ2) is 4.31. The summed E-state index contributed by atoms with van der Waals surface area (Å²) in [6.07, 6.45) is 5.02. The number of hydrogen-bond donors (Lipinski definition) is 1. The first kappa shape index (κ1) is 10.6. The van der Waals surface area contributed by atoms with Crippen LogP contribution in [0.15, 0.2) is 12.1 Å². The van der Waals surface area contributed by atoms with Crippen LogP contribution in [0.2, 0.25) is 0 Å². The zero-order valence-electron chi connectivity index (χ0n) is 9.22. The highest BCUT2D eigenvalue weighted by Gasteiger charge is 2.21. The fourth-order valence-electron chi connectivity index (χ4n) is 2.50. The molecular weight excluding hydrogens is 189 g/mol. The van der Waals surface area contributed by atoms with Gasteiger partial charge in [-0.15, -0.1) is 0 Å². The molecule has 0 spiro atoms. The molecule has 1 aliphatic rings. The monoisotopic (exact) mass is 207 g/mol. The van der Waals surface area contributed by atoms with Gasteiger partial charge in [0, 0.05) is 6.04 Å². The van der Waals surface area contributed by atoms with Gasteiger partial charge >= 0.3 is 0 Å². The lowest BCUT2D eigenvalue weighted by atomic mass is 9.95. The van der Waals surface area contributed by atoms with Crippen LogP contribution in [0.4, 0.5) is 4.39 Å². The summed E-state index contributed by atoms with van der Waals surface area (Å²) in [5, 5.41) is 0. The standard InChI is InChI=1S/C13H18FN/c1-2-4-13(15)11-7-8-12(14)10-6-3-5-9(10)11/h7-8,13H,2-6,15H2,1H3/t13-/m1/s1. The van der Waals surface area contributed by atoms with Gasteiger partial charge in [-0.25, -0.2) is 4.39 Å². The Morgan fingerprint density at radius 3 is 2.80 bits per heavy atom. The number of rotatable bonds is 3. The van der Waals surface area contributed by atoms with Crippen LogP contribution in [0.3, 0.4) is 0 Å². The van der Waals surface area contributed by atoms with E-state index in [1.54, 1.807) is 6.07 Å². The maximum atomic E-state index is 13.5. The molecule has 0 aliphatic heterocycles. The van der Waals surface area contributed by atoms with E-state index in [9.17, 15) is 4.39 Å². The van der Waals surface area contributed by atoms with E-state index in [4.69, 9.17) is 5.73 Å². The molecule has 2 rings (SSSR count). The van der Waals surface area contributed by atoms with Gasteiger partial charge in [0.1, 0.15) is 5.82 Å². The zero-order valence-corrected chi connectivity index (χ0v) is 9.22. The molecular formula is C13H18FN. The van der Waals surface area contributed by atoms with Crippen LogP contribution in [-0.2, 0) is 12.8 Å². The maximum absolute atomic E-state index is 13.5. The lowest BCUT2D eigenvalue weighted by Gasteiger charge is -2.15. The third-order valence-electron chi connectivity index (χ3n) is 3.26. The molecule has 0 radical (unpaired) electrons. The van der Waals surface area contributed by atoms with Crippen molar-refractivity contribution in [3.63, 3.8) is 0 Å². The molecule has 0 aromatic heterocycles. The van der Waals surface area contributed by atoms with Gasteiger partial charge in [-0.2, -0.15) is 0 Å². The molecule has 1 aromatic carbocycles. The molecule has 1 atom stereocenters. The van der Waals surface area contributed by atoms with Crippen LogP contribution < -0.4 is 5.73 Å². The molecule has 1 aliphatic carbocycles. The summed E-state index contributed by atoms with van der Waals surface area (Å²) in [7, 11) is 0. The Labute approximate surface area is 90.5 Å². The summed E-state index contributed by atoms with van der Waals surface area (Å²) in [5.41, 5.74) is 9.38. The van der Waals surface area contributed by atoms with Crippen molar-refractivity contribution in [2.45, 2.75) is 45.1 Å². The number of nitrogens with two attached hydrogens (primary N) is 1. The smallest absolute Gasteiger partial charge is 0.126 e. The van der Waals surface area contributed by atoms with E-state index in [2.05, 4.69) is 6.92 Å². The maximum Gasteiger partial charge on any atom is 0.126 e. The van der Waals surface area contributed by atoms with Gasteiger partial charge in [0.05, 0.1) is 0 Å². The predicted octanol–water partition coefficient (Wildman–Crippen LogP) is 3.11. The molecule has 15 heavy (non-hydrogen) atoms. The molecule has 0 bridgehead atoms. The van der Waals surface area contributed by atoms with E-state index < -0.39 is 0 Å². The van der Waals surface area contributed by atoms with Crippen molar-refractivity contribution in [1.82, 2.24) is 0 Å². The van der Waals surface area contributed by atoms with E-state index >= 15 is 0 Å². The molecule has 1 nitrogen and oxygen atoms in total. The molecule has 2 heteroatoms. The third kappa shape index (κ3) is 1.91. The Morgan fingerprint density at radius 2 is 2.07 bits per heavy atom. The van der Waals surface area contributed by atoms with Crippen molar-refractivity contribution in [2.24, 2.45) is 5.73 Å². The van der Waals surface area contributed by atoms with Gasteiger partial charge in [0.15, 0.2) is 0 Å². The molecule has 0 unspecified atom stereocenters. The SMILES string of the molecule is CCC[C@@H](N)c1ccc(F)c2c1CCC2. The van der Waals surface area contributed by atoms with Crippen LogP contribution in [0.25, 0.3) is 0 Å². The average molecular weight is 207 g/mol. The first-order chi connectivity index (χ1) is 7.24. The largest absolute Gasteiger partial charge is 0.324 e. The van der Waals surface area contributed by atoms with E-state index in [0.717, 1.165) is 37.7 Å². The fraction of sp³-hybridized carbons (Fsp3) is 0.538. The van der Waals surface area contributed by atoms with Crippen LogP contribution in [0, 0.1) is 5.82 Å². The van der Waals surface area contributed by atoms with Gasteiger partial charge in [-0.1, -0.05) is 19.4 Å². The minimum Gasteiger partial charge on any atom is -0.324 e. The highest BCUT2D eigenvalue weighted by atomic mass is 19.1. The quantitative estimate of drug-likeness (QED) is 0.809. The summed E-state index contributed by atoms with van der Waals surface area (Å²) in [6.45, 7) is 2.13. The van der Waals surface area contributed by atoms with Crippen LogP contribution in [0.5, 0.6) is 0 Å². The normalized spacial score (nSPS) is 16.5. The minimum atomic E-state index is -0.0463. The van der Waals surface area contributed by atoms with Crippen molar-refractivity contribution in [3.8, 4) is 0 Å². The van der Waals surface area contributed by atoms with Crippen molar-refractivity contribution >= 4 is 0 Å². The minimum absolute atomic E-state index is 0.0463. The Balaban J connectivity index is 2.37. The summed E-state index contributed by atoms with van der Waals surface area (Å²) >= 11 is 0. The molecule has 0 heterocycles. The van der Waals surface area contributed by atoms with Gasteiger partial charge < -0.3 is 5.73 Å². The first-order valence-electron chi connectivity index (χ1n) is 5.79. The van der Waals surface area contributed by atoms with E-state index in [1.165, 1.54) is 11.1 Å². The second-order valence-electron chi connectivity index (χ2n) is 4.34. The number of halogens is 1. The van der Waals surface area contributed by atoms with Crippen molar-refractivity contribution in [2.75, 3.05) is 0 Å². The summed E-state index contributed by atoms with van der Waals surface area (Å²) in [5.74, 6) is -0.0463. The van der Waals surface area contributed by atoms with Crippen LogP contribution in [0.1, 0.15) is 48.9 Å². The van der Waals surface area contributed by atoms with Gasteiger partial charge in [0.2, 0.25) is 0 Å². The van der Waals surface area contributed by atoms with Crippen LogP contribution in [-0.4, -0.2) is 0 Å². The van der Waals surface area contributed by atoms with E-state index in [1.807, 2.05) is 6.07 Å². The summed E-state index contributed by atoms with van der Waals surface area (Å²) < 4.78 is 13.5. The topological polar surface area (TPSA) is 26.0 Å². The van der Waals surface area contributed by atoms with Gasteiger partial charge in [-0.3, -0.25) is 0 Å². The summed E-state index contributed by atoms with van der Waals surface area (Å²) in [4.78, 5) is 0. The molecule has 0 amide bonds. The predicted molar refractivity (Wildman–Crippen MR) is 60.3 cm³/mol. The molecule has 82 valence electrons. The van der Waals surface area contributed by atoms with E-state index in [-0.39, 0.29) is 11.9 Å². The molecule has 2 N–H and O–H groups in total. The zero-order chi connectivity index (χ0) is 10.8. The lowest BCUT2D eigenvalue weighted by molar-refractivity contribution is 0.603. The number of fused-ring (bicyclic) bond motifs is 1. The Kier molecular flexibility index (Phi) is 3.06. The average Bonchev–Trinajstić information content (AvgIpc) is 2.68. The van der Waals surface area contributed by atoms with Gasteiger partial charge in [0.25, 0.3) is 0 Å². The van der Waals surface area contributed by atoms with Crippen molar-refractivity contribution < 1.29 is 4.39 Å². The Bertz CT molecular complexity index is 360. The van der Waals surface area contributed by atoms with E-state index in [0.29, 0.717) is 0 Å². The lowest BCUT2D eigenvalue weighted by Crippen LogP contribution is -2.12. The van der Waals surface area contributed by atoms with Crippen molar-refractivity contribution in [1.29, 1.82) is 0 Å². The molecule has 0 saturated carbocycles. The number of hydrogen-bond acceptors (Lipinski definition) is 1. The fourth-order valence-corrected chi connectivity index (χ4v) is 2.50.